The molecule has 0 spiro atoms. The summed E-state index contributed by atoms with van der Waals surface area (Å²) in [6.07, 6.45) is 2.30. The van der Waals surface area contributed by atoms with Crippen molar-refractivity contribution in [2.45, 2.75) is 18.8 Å². The van der Waals surface area contributed by atoms with E-state index in [-0.39, 0.29) is 5.56 Å². The van der Waals surface area contributed by atoms with E-state index in [4.69, 9.17) is 0 Å². The molecule has 1 aliphatic rings. The fourth-order valence-electron chi connectivity index (χ4n) is 2.17. The summed E-state index contributed by atoms with van der Waals surface area (Å²) >= 11 is 4.91. The highest BCUT2D eigenvalue weighted by atomic mass is 79.9. The SMILES string of the molecule is O=c1c(Br)c(C2CC2)[nH]n1-c1nc2ccccc2s1. The number of benzene rings is 1. The molecule has 0 unspecified atom stereocenters. The normalized spacial score (nSPS) is 15.2. The Labute approximate surface area is 121 Å². The van der Waals surface area contributed by atoms with Crippen LogP contribution in [0, 0.1) is 0 Å². The Morgan fingerprint density at radius 3 is 2.89 bits per heavy atom. The number of hydrogen-bond donors (Lipinski definition) is 1. The molecule has 3 aromatic rings. The molecule has 19 heavy (non-hydrogen) atoms. The van der Waals surface area contributed by atoms with Gasteiger partial charge in [0.2, 0.25) is 5.13 Å². The van der Waals surface area contributed by atoms with Crippen molar-refractivity contribution in [3.05, 3.63) is 44.8 Å². The van der Waals surface area contributed by atoms with E-state index in [1.807, 2.05) is 24.3 Å². The van der Waals surface area contributed by atoms with Crippen molar-refractivity contribution in [3.63, 3.8) is 0 Å². The zero-order valence-corrected chi connectivity index (χ0v) is 12.3. The Bertz CT molecular complexity index is 795. The molecule has 6 heteroatoms. The molecule has 0 saturated heterocycles. The first-order valence-corrected chi connectivity index (χ1v) is 7.71. The van der Waals surface area contributed by atoms with Crippen molar-refractivity contribution in [1.82, 2.24) is 14.8 Å². The molecule has 0 amide bonds. The van der Waals surface area contributed by atoms with Gasteiger partial charge in [0.1, 0.15) is 4.47 Å². The number of thiazole rings is 1. The minimum atomic E-state index is -0.0547. The van der Waals surface area contributed by atoms with Crippen LogP contribution < -0.4 is 5.56 Å². The molecular weight excluding hydrogens is 326 g/mol. The lowest BCUT2D eigenvalue weighted by molar-refractivity contribution is 0.811. The van der Waals surface area contributed by atoms with Gasteiger partial charge in [-0.05, 0) is 40.9 Å². The predicted molar refractivity (Wildman–Crippen MR) is 79.2 cm³/mol. The number of aromatic nitrogens is 3. The number of nitrogens with zero attached hydrogens (tertiary/aromatic N) is 2. The molecule has 2 heterocycles. The summed E-state index contributed by atoms with van der Waals surface area (Å²) in [5.74, 6) is 0.498. The molecule has 1 N–H and O–H groups in total. The van der Waals surface area contributed by atoms with Gasteiger partial charge in [-0.15, -0.1) is 0 Å². The van der Waals surface area contributed by atoms with Crippen molar-refractivity contribution >= 4 is 37.5 Å². The smallest absolute Gasteiger partial charge is 0.287 e. The van der Waals surface area contributed by atoms with E-state index < -0.39 is 0 Å². The summed E-state index contributed by atoms with van der Waals surface area (Å²) in [4.78, 5) is 16.8. The van der Waals surface area contributed by atoms with E-state index in [2.05, 4.69) is 26.0 Å². The second-order valence-electron chi connectivity index (χ2n) is 4.72. The van der Waals surface area contributed by atoms with Crippen LogP contribution in [0.3, 0.4) is 0 Å². The number of fused-ring (bicyclic) bond motifs is 1. The molecule has 1 aromatic carbocycles. The van der Waals surface area contributed by atoms with Crippen molar-refractivity contribution in [1.29, 1.82) is 0 Å². The lowest BCUT2D eigenvalue weighted by Gasteiger charge is -1.94. The summed E-state index contributed by atoms with van der Waals surface area (Å²) < 4.78 is 3.28. The molecule has 1 fully saturated rings. The van der Waals surface area contributed by atoms with Crippen molar-refractivity contribution in [2.24, 2.45) is 0 Å². The second-order valence-corrected chi connectivity index (χ2v) is 6.52. The van der Waals surface area contributed by atoms with Crippen LogP contribution in [0.2, 0.25) is 0 Å². The minimum Gasteiger partial charge on any atom is -0.291 e. The maximum Gasteiger partial charge on any atom is 0.287 e. The molecule has 4 nitrogen and oxygen atoms in total. The van der Waals surface area contributed by atoms with Gasteiger partial charge in [0.15, 0.2) is 0 Å². The zero-order chi connectivity index (χ0) is 13.0. The maximum absolute atomic E-state index is 12.3. The number of para-hydroxylation sites is 1. The third-order valence-corrected chi connectivity index (χ3v) is 5.11. The van der Waals surface area contributed by atoms with E-state index in [0.29, 0.717) is 15.5 Å². The maximum atomic E-state index is 12.3. The average Bonchev–Trinajstić information content (AvgIpc) is 3.10. The monoisotopic (exact) mass is 335 g/mol. The Kier molecular flexibility index (Phi) is 2.43. The molecule has 0 aliphatic heterocycles. The molecule has 96 valence electrons. The second kappa shape index (κ2) is 4.05. The number of nitrogens with one attached hydrogen (secondary N) is 1. The van der Waals surface area contributed by atoms with Gasteiger partial charge >= 0.3 is 0 Å². The molecule has 4 rings (SSSR count). The fourth-order valence-corrected chi connectivity index (χ4v) is 3.68. The topological polar surface area (TPSA) is 50.7 Å². The quantitative estimate of drug-likeness (QED) is 0.780. The van der Waals surface area contributed by atoms with Gasteiger partial charge in [-0.2, -0.15) is 4.68 Å². The first-order chi connectivity index (χ1) is 9.24. The van der Waals surface area contributed by atoms with Crippen molar-refractivity contribution in [2.75, 3.05) is 0 Å². The summed E-state index contributed by atoms with van der Waals surface area (Å²) in [6.45, 7) is 0. The Morgan fingerprint density at radius 2 is 2.16 bits per heavy atom. The highest BCUT2D eigenvalue weighted by Crippen LogP contribution is 2.41. The van der Waals surface area contributed by atoms with Crippen LogP contribution in [0.15, 0.2) is 33.5 Å². The van der Waals surface area contributed by atoms with Gasteiger partial charge < -0.3 is 0 Å². The lowest BCUT2D eigenvalue weighted by atomic mass is 10.3. The number of rotatable bonds is 2. The zero-order valence-electron chi connectivity index (χ0n) is 9.89. The first kappa shape index (κ1) is 11.4. The number of halogens is 1. The molecule has 0 radical (unpaired) electrons. The summed E-state index contributed by atoms with van der Waals surface area (Å²) in [6, 6.07) is 7.91. The highest BCUT2D eigenvalue weighted by Gasteiger charge is 2.30. The van der Waals surface area contributed by atoms with E-state index in [1.165, 1.54) is 11.3 Å². The Morgan fingerprint density at radius 1 is 1.37 bits per heavy atom. The summed E-state index contributed by atoms with van der Waals surface area (Å²) in [5, 5.41) is 3.89. The van der Waals surface area contributed by atoms with Crippen molar-refractivity contribution < 1.29 is 0 Å². The van der Waals surface area contributed by atoms with Gasteiger partial charge in [-0.3, -0.25) is 9.89 Å². The summed E-state index contributed by atoms with van der Waals surface area (Å²) in [5.41, 5.74) is 1.87. The molecule has 1 saturated carbocycles. The molecule has 2 aromatic heterocycles. The van der Waals surface area contributed by atoms with Crippen LogP contribution in [0.4, 0.5) is 0 Å². The van der Waals surface area contributed by atoms with Crippen LogP contribution in [-0.2, 0) is 0 Å². The van der Waals surface area contributed by atoms with Crippen LogP contribution >= 0.6 is 27.3 Å². The van der Waals surface area contributed by atoms with Crippen LogP contribution in [0.1, 0.15) is 24.5 Å². The Balaban J connectivity index is 1.91. The van der Waals surface area contributed by atoms with Gasteiger partial charge in [-0.25, -0.2) is 4.98 Å². The van der Waals surface area contributed by atoms with Crippen LogP contribution in [0.5, 0.6) is 0 Å². The van der Waals surface area contributed by atoms with Gasteiger partial charge in [0.25, 0.3) is 5.56 Å². The number of hydrogen-bond acceptors (Lipinski definition) is 3. The third-order valence-electron chi connectivity index (χ3n) is 3.32. The van der Waals surface area contributed by atoms with E-state index >= 15 is 0 Å². The highest BCUT2D eigenvalue weighted by molar-refractivity contribution is 9.10. The summed E-state index contributed by atoms with van der Waals surface area (Å²) in [7, 11) is 0. The average molecular weight is 336 g/mol. The Hall–Kier alpha value is -1.40. The van der Waals surface area contributed by atoms with E-state index in [1.54, 1.807) is 4.68 Å². The first-order valence-electron chi connectivity index (χ1n) is 6.10. The molecule has 1 aliphatic carbocycles. The molecule has 0 bridgehead atoms. The van der Waals surface area contributed by atoms with Gasteiger partial charge in [0, 0.05) is 5.92 Å². The molecular formula is C13H10BrN3OS. The fraction of sp³-hybridized carbons (Fsp3) is 0.231. The minimum absolute atomic E-state index is 0.0547. The van der Waals surface area contributed by atoms with Crippen LogP contribution in [0.25, 0.3) is 15.3 Å². The number of H-pyrrole nitrogens is 1. The third kappa shape index (κ3) is 1.78. The van der Waals surface area contributed by atoms with Gasteiger partial charge in [-0.1, -0.05) is 23.5 Å². The largest absolute Gasteiger partial charge is 0.291 e. The van der Waals surface area contributed by atoms with Gasteiger partial charge in [0.05, 0.1) is 15.9 Å². The number of aromatic amines is 1. The van der Waals surface area contributed by atoms with E-state index in [0.717, 1.165) is 28.8 Å². The lowest BCUT2D eigenvalue weighted by Crippen LogP contribution is -2.14. The standard InChI is InChI=1S/C13H10BrN3OS/c14-10-11(7-5-6-7)16-17(12(10)18)13-15-8-3-1-2-4-9(8)19-13/h1-4,7,16H,5-6H2. The predicted octanol–water partition coefficient (Wildman–Crippen LogP) is 3.42. The molecule has 0 atom stereocenters. The van der Waals surface area contributed by atoms with Crippen LogP contribution in [-0.4, -0.2) is 14.8 Å². The van der Waals surface area contributed by atoms with Crippen molar-refractivity contribution in [3.8, 4) is 5.13 Å². The van der Waals surface area contributed by atoms with E-state index in [9.17, 15) is 4.79 Å².